The Morgan fingerprint density at radius 3 is 2.47 bits per heavy atom. The molecule has 0 saturated carbocycles. The second kappa shape index (κ2) is 7.46. The van der Waals surface area contributed by atoms with Crippen LogP contribution >= 0.6 is 12.4 Å². The number of likely N-dealkylation sites (tertiary alicyclic amines) is 1. The van der Waals surface area contributed by atoms with Crippen LogP contribution in [-0.2, 0) is 4.79 Å². The summed E-state index contributed by atoms with van der Waals surface area (Å²) in [5.74, 6) is 0.487. The summed E-state index contributed by atoms with van der Waals surface area (Å²) in [5.41, 5.74) is 5.33. The first-order valence-corrected chi connectivity index (χ1v) is 7.11. The first-order chi connectivity index (χ1) is 8.27. The number of halogens is 1. The summed E-state index contributed by atoms with van der Waals surface area (Å²) < 4.78 is 0. The van der Waals surface area contributed by atoms with Crippen LogP contribution in [0.1, 0.15) is 47.5 Å². The van der Waals surface area contributed by atoms with E-state index in [-0.39, 0.29) is 24.4 Å². The molecule has 0 radical (unpaired) electrons. The second-order valence-corrected chi connectivity index (χ2v) is 6.27. The fourth-order valence-electron chi connectivity index (χ4n) is 2.58. The third kappa shape index (κ3) is 4.93. The highest BCUT2D eigenvalue weighted by molar-refractivity contribution is 5.86. The first kappa shape index (κ1) is 18.7. The average Bonchev–Trinajstić information content (AvgIpc) is 2.60. The molecule has 3 unspecified atom stereocenters. The maximum atomic E-state index is 12.2. The third-order valence-electron chi connectivity index (χ3n) is 3.98. The van der Waals surface area contributed by atoms with Crippen LogP contribution in [0, 0.1) is 5.92 Å². The summed E-state index contributed by atoms with van der Waals surface area (Å²) in [6.07, 6.45) is 1.66. The number of carbonyl (C=O) groups is 1. The largest absolute Gasteiger partial charge is 0.350 e. The number of carbonyl (C=O) groups excluding carboxylic acids is 1. The smallest absolute Gasteiger partial charge is 0.240 e. The molecule has 1 saturated heterocycles. The second-order valence-electron chi connectivity index (χ2n) is 6.27. The van der Waals surface area contributed by atoms with Crippen LogP contribution in [0.2, 0.25) is 0 Å². The Hall–Kier alpha value is -0.320. The molecule has 0 aromatic heterocycles. The van der Waals surface area contributed by atoms with Crippen LogP contribution in [0.15, 0.2) is 0 Å². The number of nitrogens with one attached hydrogen (secondary N) is 1. The van der Waals surface area contributed by atoms with Crippen molar-refractivity contribution in [1.82, 2.24) is 10.2 Å². The van der Waals surface area contributed by atoms with Crippen molar-refractivity contribution < 1.29 is 4.79 Å². The Morgan fingerprint density at radius 2 is 2.05 bits per heavy atom. The molecular weight excluding hydrogens is 262 g/mol. The lowest BCUT2D eigenvalue weighted by molar-refractivity contribution is -0.126. The van der Waals surface area contributed by atoms with Crippen molar-refractivity contribution in [2.45, 2.75) is 65.1 Å². The van der Waals surface area contributed by atoms with Gasteiger partial charge in [0.25, 0.3) is 0 Å². The maximum Gasteiger partial charge on any atom is 0.240 e. The topological polar surface area (TPSA) is 58.4 Å². The lowest BCUT2D eigenvalue weighted by atomic mass is 9.95. The van der Waals surface area contributed by atoms with Crippen LogP contribution in [0.25, 0.3) is 0 Å². The summed E-state index contributed by atoms with van der Waals surface area (Å²) in [4.78, 5) is 14.6. The first-order valence-electron chi connectivity index (χ1n) is 7.11. The molecule has 4 nitrogen and oxygen atoms in total. The zero-order chi connectivity index (χ0) is 13.9. The van der Waals surface area contributed by atoms with Gasteiger partial charge in [0.2, 0.25) is 5.91 Å². The molecule has 0 aromatic rings. The van der Waals surface area contributed by atoms with Crippen molar-refractivity contribution in [2.75, 3.05) is 13.1 Å². The number of hydrogen-bond acceptors (Lipinski definition) is 3. The quantitative estimate of drug-likeness (QED) is 0.812. The van der Waals surface area contributed by atoms with Gasteiger partial charge in [0.15, 0.2) is 0 Å². The van der Waals surface area contributed by atoms with Crippen LogP contribution in [0.3, 0.4) is 0 Å². The number of nitrogens with zero attached hydrogens (tertiary/aromatic N) is 1. The SMILES string of the molecule is CCCC(C)(N)C(=O)NC1CN(C(C)C)CC1C.Cl. The Bertz CT molecular complexity index is 294. The number of amides is 1. The fraction of sp³-hybridized carbons (Fsp3) is 0.929. The minimum Gasteiger partial charge on any atom is -0.350 e. The highest BCUT2D eigenvalue weighted by Crippen LogP contribution is 2.19. The molecule has 3 atom stereocenters. The van der Waals surface area contributed by atoms with E-state index in [1.807, 2.05) is 6.92 Å². The van der Waals surface area contributed by atoms with Crippen molar-refractivity contribution in [3.63, 3.8) is 0 Å². The molecule has 1 rings (SSSR count). The normalized spacial score (nSPS) is 26.9. The lowest BCUT2D eigenvalue weighted by Crippen LogP contribution is -2.55. The van der Waals surface area contributed by atoms with E-state index in [4.69, 9.17) is 5.73 Å². The van der Waals surface area contributed by atoms with E-state index in [9.17, 15) is 4.79 Å². The molecule has 19 heavy (non-hydrogen) atoms. The van der Waals surface area contributed by atoms with Gasteiger partial charge in [-0.1, -0.05) is 20.3 Å². The number of rotatable bonds is 5. The van der Waals surface area contributed by atoms with Gasteiger partial charge < -0.3 is 11.1 Å². The fourth-order valence-corrected chi connectivity index (χ4v) is 2.58. The molecule has 1 amide bonds. The highest BCUT2D eigenvalue weighted by Gasteiger charge is 2.35. The molecule has 1 aliphatic heterocycles. The molecule has 5 heteroatoms. The molecular formula is C14H30ClN3O. The van der Waals surface area contributed by atoms with Gasteiger partial charge >= 0.3 is 0 Å². The molecule has 3 N–H and O–H groups in total. The Balaban J connectivity index is 0.00000324. The maximum absolute atomic E-state index is 12.2. The molecule has 0 aliphatic carbocycles. The van der Waals surface area contributed by atoms with E-state index in [2.05, 4.69) is 37.9 Å². The Morgan fingerprint density at radius 1 is 1.47 bits per heavy atom. The molecule has 0 aromatic carbocycles. The molecule has 0 spiro atoms. The van der Waals surface area contributed by atoms with E-state index in [0.717, 1.165) is 25.9 Å². The molecule has 0 bridgehead atoms. The van der Waals surface area contributed by atoms with Crippen LogP contribution < -0.4 is 11.1 Å². The van der Waals surface area contributed by atoms with Crippen molar-refractivity contribution in [2.24, 2.45) is 11.7 Å². The minimum atomic E-state index is -0.736. The van der Waals surface area contributed by atoms with Gasteiger partial charge in [-0.15, -0.1) is 12.4 Å². The van der Waals surface area contributed by atoms with Gasteiger partial charge in [-0.2, -0.15) is 0 Å². The Labute approximate surface area is 123 Å². The molecule has 1 heterocycles. The van der Waals surface area contributed by atoms with E-state index in [1.165, 1.54) is 0 Å². The van der Waals surface area contributed by atoms with Crippen LogP contribution in [0.4, 0.5) is 0 Å². The summed E-state index contributed by atoms with van der Waals surface area (Å²) in [5, 5.41) is 3.13. The minimum absolute atomic E-state index is 0. The van der Waals surface area contributed by atoms with Crippen molar-refractivity contribution in [1.29, 1.82) is 0 Å². The van der Waals surface area contributed by atoms with Crippen molar-refractivity contribution >= 4 is 18.3 Å². The van der Waals surface area contributed by atoms with E-state index < -0.39 is 5.54 Å². The van der Waals surface area contributed by atoms with Crippen molar-refractivity contribution in [3.05, 3.63) is 0 Å². The molecule has 114 valence electrons. The van der Waals surface area contributed by atoms with E-state index in [1.54, 1.807) is 0 Å². The summed E-state index contributed by atoms with van der Waals surface area (Å²) in [6, 6.07) is 0.772. The van der Waals surface area contributed by atoms with E-state index in [0.29, 0.717) is 12.0 Å². The van der Waals surface area contributed by atoms with Crippen LogP contribution in [0.5, 0.6) is 0 Å². The van der Waals surface area contributed by atoms with Gasteiger partial charge in [-0.25, -0.2) is 0 Å². The molecule has 1 fully saturated rings. The van der Waals surface area contributed by atoms with Crippen LogP contribution in [-0.4, -0.2) is 41.5 Å². The van der Waals surface area contributed by atoms with Gasteiger partial charge in [0, 0.05) is 25.2 Å². The average molecular weight is 292 g/mol. The number of nitrogens with two attached hydrogens (primary N) is 1. The summed E-state index contributed by atoms with van der Waals surface area (Å²) in [6.45, 7) is 12.5. The van der Waals surface area contributed by atoms with Gasteiger partial charge in [-0.3, -0.25) is 9.69 Å². The predicted octanol–water partition coefficient (Wildman–Crippen LogP) is 1.77. The van der Waals surface area contributed by atoms with Gasteiger partial charge in [0.1, 0.15) is 0 Å². The predicted molar refractivity (Wildman–Crippen MR) is 82.6 cm³/mol. The molecule has 1 aliphatic rings. The standard InChI is InChI=1S/C14H29N3O.ClH/c1-6-7-14(5,15)13(18)16-12-9-17(10(2)3)8-11(12)4;/h10-12H,6-9,15H2,1-5H3,(H,16,18);1H. The summed E-state index contributed by atoms with van der Waals surface area (Å²) >= 11 is 0. The Kier molecular flexibility index (Phi) is 7.33. The zero-order valence-electron chi connectivity index (χ0n) is 12.9. The van der Waals surface area contributed by atoms with E-state index >= 15 is 0 Å². The van der Waals surface area contributed by atoms with Gasteiger partial charge in [0.05, 0.1) is 5.54 Å². The third-order valence-corrected chi connectivity index (χ3v) is 3.98. The lowest BCUT2D eigenvalue weighted by Gasteiger charge is -2.27. The zero-order valence-corrected chi connectivity index (χ0v) is 13.7. The monoisotopic (exact) mass is 291 g/mol. The highest BCUT2D eigenvalue weighted by atomic mass is 35.5. The number of hydrogen-bond donors (Lipinski definition) is 2. The van der Waals surface area contributed by atoms with Crippen molar-refractivity contribution in [3.8, 4) is 0 Å². The van der Waals surface area contributed by atoms with Gasteiger partial charge in [-0.05, 0) is 33.1 Å². The summed E-state index contributed by atoms with van der Waals surface area (Å²) in [7, 11) is 0.